The number of ether oxygens (including phenoxy) is 3. The first kappa shape index (κ1) is 16.3. The molecule has 6 heteroatoms. The molecule has 1 aliphatic rings. The second-order valence-corrected chi connectivity index (χ2v) is 5.98. The summed E-state index contributed by atoms with van der Waals surface area (Å²) in [5.41, 5.74) is 3.88. The Balaban J connectivity index is 1.94. The van der Waals surface area contributed by atoms with Gasteiger partial charge in [0, 0.05) is 17.7 Å². The molecule has 0 saturated carbocycles. The molecule has 0 saturated heterocycles. The van der Waals surface area contributed by atoms with E-state index in [2.05, 4.69) is 5.32 Å². The number of benzene rings is 2. The molecule has 2 aromatic carbocycles. The Labute approximate surface area is 152 Å². The van der Waals surface area contributed by atoms with Crippen molar-refractivity contribution in [2.24, 2.45) is 0 Å². The van der Waals surface area contributed by atoms with E-state index in [-0.39, 0.29) is 0 Å². The van der Waals surface area contributed by atoms with Crippen molar-refractivity contribution in [2.75, 3.05) is 33.2 Å². The van der Waals surface area contributed by atoms with Crippen LogP contribution in [0.5, 0.6) is 17.2 Å². The zero-order chi connectivity index (χ0) is 18.1. The third-order valence-corrected chi connectivity index (χ3v) is 4.62. The molecule has 0 unspecified atom stereocenters. The van der Waals surface area contributed by atoms with Crippen LogP contribution in [0.2, 0.25) is 0 Å². The minimum atomic E-state index is 0.689. The number of aromatic nitrogens is 2. The number of fused-ring (bicyclic) bond motifs is 1. The molecule has 1 N–H and O–H groups in total. The Kier molecular flexibility index (Phi) is 4.16. The van der Waals surface area contributed by atoms with Gasteiger partial charge in [-0.25, -0.2) is 4.68 Å². The molecule has 0 spiro atoms. The molecule has 0 aliphatic carbocycles. The number of nitrogens with zero attached hydrogens (tertiary/aromatic N) is 2. The minimum absolute atomic E-state index is 0.689. The highest BCUT2D eigenvalue weighted by Crippen LogP contribution is 2.42. The highest BCUT2D eigenvalue weighted by molar-refractivity contribution is 5.79. The van der Waals surface area contributed by atoms with Gasteiger partial charge in [-0.2, -0.15) is 5.10 Å². The normalized spacial score (nSPS) is 12.4. The molecule has 1 aliphatic heterocycles. The van der Waals surface area contributed by atoms with E-state index in [1.807, 2.05) is 47.1 Å². The predicted octanol–water partition coefficient (Wildman–Crippen LogP) is 3.53. The van der Waals surface area contributed by atoms with E-state index in [9.17, 15) is 0 Å². The fourth-order valence-corrected chi connectivity index (χ4v) is 3.44. The molecule has 3 aromatic rings. The largest absolute Gasteiger partial charge is 0.494 e. The average molecular weight is 351 g/mol. The lowest BCUT2D eigenvalue weighted by atomic mass is 10.1. The van der Waals surface area contributed by atoms with Crippen LogP contribution in [0.4, 0.5) is 5.82 Å². The van der Waals surface area contributed by atoms with Crippen LogP contribution in [0, 0.1) is 0 Å². The van der Waals surface area contributed by atoms with E-state index in [0.29, 0.717) is 11.5 Å². The molecule has 0 atom stereocenters. The van der Waals surface area contributed by atoms with Crippen LogP contribution in [-0.2, 0) is 6.42 Å². The van der Waals surface area contributed by atoms with Gasteiger partial charge in [0.05, 0.1) is 21.3 Å². The van der Waals surface area contributed by atoms with Crippen molar-refractivity contribution in [2.45, 2.75) is 6.42 Å². The number of hydrogen-bond donors (Lipinski definition) is 1. The maximum atomic E-state index is 5.62. The first-order valence-corrected chi connectivity index (χ1v) is 8.49. The van der Waals surface area contributed by atoms with E-state index >= 15 is 0 Å². The van der Waals surface area contributed by atoms with Gasteiger partial charge in [0.1, 0.15) is 22.9 Å². The van der Waals surface area contributed by atoms with Crippen molar-refractivity contribution in [3.05, 3.63) is 48.0 Å². The summed E-state index contributed by atoms with van der Waals surface area (Å²) in [5.74, 6) is 3.15. The van der Waals surface area contributed by atoms with Gasteiger partial charge in [0.2, 0.25) is 0 Å². The topological polar surface area (TPSA) is 57.5 Å². The fourth-order valence-electron chi connectivity index (χ4n) is 3.44. The lowest BCUT2D eigenvalue weighted by Gasteiger charge is -2.12. The summed E-state index contributed by atoms with van der Waals surface area (Å²) in [7, 11) is 4.96. The third kappa shape index (κ3) is 2.45. The summed E-state index contributed by atoms with van der Waals surface area (Å²) in [4.78, 5) is 0. The van der Waals surface area contributed by atoms with Gasteiger partial charge in [0.15, 0.2) is 11.5 Å². The van der Waals surface area contributed by atoms with Crippen molar-refractivity contribution < 1.29 is 14.2 Å². The summed E-state index contributed by atoms with van der Waals surface area (Å²) in [6.45, 7) is 0.877. The van der Waals surface area contributed by atoms with E-state index in [0.717, 1.165) is 41.5 Å². The Morgan fingerprint density at radius 1 is 0.923 bits per heavy atom. The molecule has 0 amide bonds. The first-order chi connectivity index (χ1) is 12.8. The number of methoxy groups -OCH3 is 3. The van der Waals surface area contributed by atoms with Crippen molar-refractivity contribution in [3.63, 3.8) is 0 Å². The number of rotatable bonds is 5. The lowest BCUT2D eigenvalue weighted by molar-refractivity contribution is 0.356. The van der Waals surface area contributed by atoms with Crippen molar-refractivity contribution >= 4 is 5.82 Å². The van der Waals surface area contributed by atoms with Crippen molar-refractivity contribution in [1.29, 1.82) is 0 Å². The average Bonchev–Trinajstić information content (AvgIpc) is 3.30. The van der Waals surface area contributed by atoms with E-state index < -0.39 is 0 Å². The van der Waals surface area contributed by atoms with Crippen LogP contribution in [0.1, 0.15) is 5.56 Å². The minimum Gasteiger partial charge on any atom is -0.494 e. The smallest absolute Gasteiger partial charge is 0.170 e. The molecule has 134 valence electrons. The van der Waals surface area contributed by atoms with Gasteiger partial charge in [-0.15, -0.1) is 0 Å². The van der Waals surface area contributed by atoms with Crippen molar-refractivity contribution in [3.8, 4) is 34.2 Å². The maximum Gasteiger partial charge on any atom is 0.170 e. The quantitative estimate of drug-likeness (QED) is 0.762. The second kappa shape index (κ2) is 6.63. The zero-order valence-corrected chi connectivity index (χ0v) is 15.1. The number of para-hydroxylation sites is 3. The van der Waals surface area contributed by atoms with Crippen LogP contribution in [0.25, 0.3) is 16.9 Å². The van der Waals surface area contributed by atoms with Crippen molar-refractivity contribution in [1.82, 2.24) is 9.78 Å². The Morgan fingerprint density at radius 3 is 2.46 bits per heavy atom. The Morgan fingerprint density at radius 2 is 1.69 bits per heavy atom. The van der Waals surface area contributed by atoms with Crippen LogP contribution in [0.3, 0.4) is 0 Å². The highest BCUT2D eigenvalue weighted by atomic mass is 16.5. The van der Waals surface area contributed by atoms with Gasteiger partial charge in [-0.05, 0) is 30.7 Å². The molecule has 0 radical (unpaired) electrons. The van der Waals surface area contributed by atoms with Gasteiger partial charge in [-0.3, -0.25) is 0 Å². The third-order valence-electron chi connectivity index (χ3n) is 4.62. The van der Waals surface area contributed by atoms with Gasteiger partial charge < -0.3 is 19.5 Å². The van der Waals surface area contributed by atoms with E-state index in [4.69, 9.17) is 19.3 Å². The van der Waals surface area contributed by atoms with Crippen LogP contribution >= 0.6 is 0 Å². The summed E-state index contributed by atoms with van der Waals surface area (Å²) >= 11 is 0. The maximum absolute atomic E-state index is 5.62. The molecular weight excluding hydrogens is 330 g/mol. The van der Waals surface area contributed by atoms with E-state index in [1.165, 1.54) is 5.56 Å². The lowest BCUT2D eigenvalue weighted by Crippen LogP contribution is -2.05. The molecular formula is C20H21N3O3. The number of hydrogen-bond acceptors (Lipinski definition) is 5. The molecule has 1 aromatic heterocycles. The van der Waals surface area contributed by atoms with E-state index in [1.54, 1.807) is 21.3 Å². The molecule has 6 nitrogen and oxygen atoms in total. The summed E-state index contributed by atoms with van der Waals surface area (Å²) in [6, 6.07) is 13.7. The Hall–Kier alpha value is -3.15. The summed E-state index contributed by atoms with van der Waals surface area (Å²) in [5, 5.41) is 8.35. The molecule has 0 fully saturated rings. The summed E-state index contributed by atoms with van der Waals surface area (Å²) < 4.78 is 18.5. The molecule has 4 rings (SSSR count). The molecule has 26 heavy (non-hydrogen) atoms. The van der Waals surface area contributed by atoms with Crippen LogP contribution < -0.4 is 19.5 Å². The first-order valence-electron chi connectivity index (χ1n) is 8.49. The molecule has 2 heterocycles. The van der Waals surface area contributed by atoms with Crippen LogP contribution in [0.15, 0.2) is 42.5 Å². The monoisotopic (exact) mass is 351 g/mol. The predicted molar refractivity (Wildman–Crippen MR) is 101 cm³/mol. The SMILES string of the molecule is COc1ccccc1-n1nc(-c2cccc(OC)c2OC)c2c1NCC2. The van der Waals surface area contributed by atoms with Gasteiger partial charge >= 0.3 is 0 Å². The number of nitrogens with one attached hydrogen (secondary N) is 1. The zero-order valence-electron chi connectivity index (χ0n) is 15.1. The highest BCUT2D eigenvalue weighted by Gasteiger charge is 2.27. The summed E-state index contributed by atoms with van der Waals surface area (Å²) in [6.07, 6.45) is 0.903. The molecule has 0 bridgehead atoms. The standard InChI is InChI=1S/C20H21N3O3/c1-24-16-9-5-4-8-15(16)23-20-14(11-12-21-20)18(22-23)13-7-6-10-17(25-2)19(13)26-3/h4-10,21H,11-12H2,1-3H3. The van der Waals surface area contributed by atoms with Gasteiger partial charge in [-0.1, -0.05) is 18.2 Å². The Bertz CT molecular complexity index is 949. The van der Waals surface area contributed by atoms with Gasteiger partial charge in [0.25, 0.3) is 0 Å². The fraction of sp³-hybridized carbons (Fsp3) is 0.250. The second-order valence-electron chi connectivity index (χ2n) is 5.98. The van der Waals surface area contributed by atoms with Crippen LogP contribution in [-0.4, -0.2) is 37.7 Å². The number of anilines is 1.